The quantitative estimate of drug-likeness (QED) is 0.836. The molecule has 0 fully saturated rings. The number of anilines is 3. The van der Waals surface area contributed by atoms with Crippen molar-refractivity contribution < 1.29 is 13.2 Å². The molecular formula is C9H15F3N6. The highest BCUT2D eigenvalue weighted by atomic mass is 19.4. The van der Waals surface area contributed by atoms with Crippen LogP contribution in [0.5, 0.6) is 0 Å². The van der Waals surface area contributed by atoms with E-state index >= 15 is 0 Å². The van der Waals surface area contributed by atoms with Gasteiger partial charge in [-0.1, -0.05) is 0 Å². The molecule has 0 aliphatic heterocycles. The second-order valence-electron chi connectivity index (χ2n) is 3.72. The predicted octanol–water partition coefficient (Wildman–Crippen LogP) is 1.34. The van der Waals surface area contributed by atoms with Crippen molar-refractivity contribution in [1.29, 1.82) is 0 Å². The van der Waals surface area contributed by atoms with Crippen molar-refractivity contribution in [1.82, 2.24) is 15.0 Å². The molecule has 0 aromatic carbocycles. The fraction of sp³-hybridized carbons (Fsp3) is 0.667. The largest absolute Gasteiger partial charge is 0.390 e. The molecule has 0 amide bonds. The van der Waals surface area contributed by atoms with Gasteiger partial charge in [-0.3, -0.25) is 0 Å². The Balaban J connectivity index is 2.73. The average molecular weight is 264 g/mol. The summed E-state index contributed by atoms with van der Waals surface area (Å²) in [6, 6.07) is 0. The molecule has 18 heavy (non-hydrogen) atoms. The van der Waals surface area contributed by atoms with E-state index in [4.69, 9.17) is 0 Å². The van der Waals surface area contributed by atoms with Crippen LogP contribution >= 0.6 is 0 Å². The number of alkyl halides is 3. The number of nitrogens with one attached hydrogen (secondary N) is 2. The molecule has 0 aliphatic carbocycles. The van der Waals surface area contributed by atoms with Crippen LogP contribution in [-0.2, 0) is 0 Å². The molecule has 0 spiro atoms. The van der Waals surface area contributed by atoms with Gasteiger partial charge in [0.25, 0.3) is 0 Å². The van der Waals surface area contributed by atoms with Gasteiger partial charge in [0.05, 0.1) is 6.42 Å². The Morgan fingerprint density at radius 2 is 1.72 bits per heavy atom. The van der Waals surface area contributed by atoms with Gasteiger partial charge in [0.1, 0.15) is 0 Å². The third kappa shape index (κ3) is 4.60. The zero-order valence-corrected chi connectivity index (χ0v) is 10.3. The van der Waals surface area contributed by atoms with Crippen molar-refractivity contribution in [3.8, 4) is 0 Å². The Labute approximate surface area is 103 Å². The van der Waals surface area contributed by atoms with E-state index in [1.807, 2.05) is 0 Å². The normalized spacial score (nSPS) is 11.2. The maximum absolute atomic E-state index is 12.0. The van der Waals surface area contributed by atoms with E-state index in [-0.39, 0.29) is 12.5 Å². The first kappa shape index (κ1) is 14.3. The first-order valence-electron chi connectivity index (χ1n) is 5.23. The summed E-state index contributed by atoms with van der Waals surface area (Å²) in [4.78, 5) is 13.6. The molecule has 0 saturated heterocycles. The second-order valence-corrected chi connectivity index (χ2v) is 3.72. The number of hydrogen-bond donors (Lipinski definition) is 2. The van der Waals surface area contributed by atoms with E-state index in [1.165, 1.54) is 0 Å². The number of rotatable bonds is 5. The lowest BCUT2D eigenvalue weighted by atomic mass is 10.4. The van der Waals surface area contributed by atoms with Gasteiger partial charge in [-0.15, -0.1) is 0 Å². The average Bonchev–Trinajstić information content (AvgIpc) is 2.26. The highest BCUT2D eigenvalue weighted by Crippen LogP contribution is 2.19. The monoisotopic (exact) mass is 264 g/mol. The second kappa shape index (κ2) is 5.69. The zero-order chi connectivity index (χ0) is 13.8. The first-order valence-corrected chi connectivity index (χ1v) is 5.23. The van der Waals surface area contributed by atoms with Gasteiger partial charge in [0, 0.05) is 27.7 Å². The summed E-state index contributed by atoms with van der Waals surface area (Å²) >= 11 is 0. The van der Waals surface area contributed by atoms with Gasteiger partial charge in [-0.2, -0.15) is 28.1 Å². The predicted molar refractivity (Wildman–Crippen MR) is 62.9 cm³/mol. The Morgan fingerprint density at radius 1 is 1.11 bits per heavy atom. The van der Waals surface area contributed by atoms with Crippen molar-refractivity contribution in [3.05, 3.63) is 0 Å². The van der Waals surface area contributed by atoms with Crippen LogP contribution in [0.2, 0.25) is 0 Å². The molecule has 102 valence electrons. The van der Waals surface area contributed by atoms with Crippen molar-refractivity contribution >= 4 is 17.8 Å². The van der Waals surface area contributed by atoms with E-state index in [2.05, 4.69) is 25.6 Å². The van der Waals surface area contributed by atoms with Crippen LogP contribution in [0.1, 0.15) is 6.42 Å². The molecule has 0 unspecified atom stereocenters. The Morgan fingerprint density at radius 3 is 2.22 bits per heavy atom. The van der Waals surface area contributed by atoms with Crippen LogP contribution in [0.4, 0.5) is 31.0 Å². The van der Waals surface area contributed by atoms with E-state index in [9.17, 15) is 13.2 Å². The minimum absolute atomic E-state index is 0.113. The van der Waals surface area contributed by atoms with Gasteiger partial charge in [-0.05, 0) is 0 Å². The van der Waals surface area contributed by atoms with Gasteiger partial charge in [-0.25, -0.2) is 0 Å². The van der Waals surface area contributed by atoms with E-state index in [0.29, 0.717) is 11.9 Å². The molecule has 0 bridgehead atoms. The molecule has 1 rings (SSSR count). The number of aromatic nitrogens is 3. The number of hydrogen-bond acceptors (Lipinski definition) is 6. The molecule has 0 aliphatic rings. The Hall–Kier alpha value is -1.80. The summed E-state index contributed by atoms with van der Waals surface area (Å²) in [6.45, 7) is -0.274. The summed E-state index contributed by atoms with van der Waals surface area (Å²) in [5, 5.41) is 5.24. The smallest absolute Gasteiger partial charge is 0.357 e. The van der Waals surface area contributed by atoms with Gasteiger partial charge in [0.15, 0.2) is 0 Å². The van der Waals surface area contributed by atoms with Crippen LogP contribution in [0, 0.1) is 0 Å². The molecule has 2 N–H and O–H groups in total. The van der Waals surface area contributed by atoms with Crippen LogP contribution in [0.3, 0.4) is 0 Å². The van der Waals surface area contributed by atoms with E-state index in [0.717, 1.165) is 0 Å². The molecule has 9 heteroatoms. The third-order valence-corrected chi connectivity index (χ3v) is 1.94. The number of halogens is 3. The molecular weight excluding hydrogens is 249 g/mol. The Bertz CT molecular complexity index is 392. The first-order chi connectivity index (χ1) is 8.31. The summed E-state index contributed by atoms with van der Waals surface area (Å²) in [6.07, 6.45) is -5.14. The van der Waals surface area contributed by atoms with Crippen molar-refractivity contribution in [2.75, 3.05) is 43.2 Å². The van der Waals surface area contributed by atoms with Crippen LogP contribution in [0.25, 0.3) is 0 Å². The summed E-state index contributed by atoms with van der Waals surface area (Å²) in [7, 11) is 5.08. The van der Waals surface area contributed by atoms with Crippen LogP contribution in [-0.4, -0.2) is 48.8 Å². The molecule has 0 saturated carbocycles. The topological polar surface area (TPSA) is 66.0 Å². The minimum atomic E-state index is -4.20. The number of nitrogens with zero attached hydrogens (tertiary/aromatic N) is 4. The summed E-state index contributed by atoms with van der Waals surface area (Å²) < 4.78 is 36.0. The fourth-order valence-electron chi connectivity index (χ4n) is 1.07. The highest BCUT2D eigenvalue weighted by molar-refractivity contribution is 5.42. The molecule has 6 nitrogen and oxygen atoms in total. The molecule has 1 heterocycles. The van der Waals surface area contributed by atoms with Crippen molar-refractivity contribution in [2.24, 2.45) is 0 Å². The zero-order valence-electron chi connectivity index (χ0n) is 10.3. The highest BCUT2D eigenvalue weighted by Gasteiger charge is 2.26. The van der Waals surface area contributed by atoms with Gasteiger partial charge >= 0.3 is 6.18 Å². The molecule has 1 aromatic rings. The van der Waals surface area contributed by atoms with E-state index < -0.39 is 12.6 Å². The Kier molecular flexibility index (Phi) is 4.51. The minimum Gasteiger partial charge on any atom is -0.357 e. The maximum atomic E-state index is 12.0. The van der Waals surface area contributed by atoms with Gasteiger partial charge in [0.2, 0.25) is 17.8 Å². The van der Waals surface area contributed by atoms with Gasteiger partial charge < -0.3 is 15.5 Å². The maximum Gasteiger partial charge on any atom is 0.390 e. The van der Waals surface area contributed by atoms with Crippen LogP contribution in [0.15, 0.2) is 0 Å². The fourth-order valence-corrected chi connectivity index (χ4v) is 1.07. The SMILES string of the molecule is CNc1nc(NCCC(F)(F)F)nc(N(C)C)n1. The molecule has 0 atom stereocenters. The molecule has 0 radical (unpaired) electrons. The van der Waals surface area contributed by atoms with Crippen LogP contribution < -0.4 is 15.5 Å². The van der Waals surface area contributed by atoms with E-state index in [1.54, 1.807) is 26.0 Å². The van der Waals surface area contributed by atoms with Crippen molar-refractivity contribution in [3.63, 3.8) is 0 Å². The molecule has 1 aromatic heterocycles. The lowest BCUT2D eigenvalue weighted by Crippen LogP contribution is -2.19. The van der Waals surface area contributed by atoms with Crippen molar-refractivity contribution in [2.45, 2.75) is 12.6 Å². The lowest BCUT2D eigenvalue weighted by Gasteiger charge is -2.13. The summed E-state index contributed by atoms with van der Waals surface area (Å²) in [5.74, 6) is 0.773. The summed E-state index contributed by atoms with van der Waals surface area (Å²) in [5.41, 5.74) is 0. The third-order valence-electron chi connectivity index (χ3n) is 1.94. The lowest BCUT2D eigenvalue weighted by molar-refractivity contribution is -0.131. The standard InChI is InChI=1S/C9H15F3N6/c1-13-6-15-7(14-5-4-9(10,11)12)17-8(16-6)18(2)3/h4-5H2,1-3H3,(H2,13,14,15,16,17).